The van der Waals surface area contributed by atoms with E-state index in [0.29, 0.717) is 29.0 Å². The van der Waals surface area contributed by atoms with Crippen molar-refractivity contribution in [1.29, 1.82) is 0 Å². The normalized spacial score (nSPS) is 19.6. The average molecular weight is 541 g/mol. The first-order valence-electron chi connectivity index (χ1n) is 14.4. The highest BCUT2D eigenvalue weighted by molar-refractivity contribution is 5.95. The van der Waals surface area contributed by atoms with E-state index in [1.165, 1.54) is 17.5 Å². The average Bonchev–Trinajstić information content (AvgIpc) is 3.56. The van der Waals surface area contributed by atoms with Crippen LogP contribution in [-0.2, 0) is 12.8 Å². The van der Waals surface area contributed by atoms with Crippen molar-refractivity contribution in [2.45, 2.75) is 64.8 Å². The van der Waals surface area contributed by atoms with Crippen LogP contribution in [0.15, 0.2) is 51.5 Å². The van der Waals surface area contributed by atoms with Gasteiger partial charge in [-0.05, 0) is 86.7 Å². The molecule has 0 bridgehead atoms. The van der Waals surface area contributed by atoms with Gasteiger partial charge in [0.15, 0.2) is 0 Å². The first kappa shape index (κ1) is 26.4. The van der Waals surface area contributed by atoms with Crippen molar-refractivity contribution in [1.82, 2.24) is 30.5 Å². The van der Waals surface area contributed by atoms with E-state index in [1.807, 2.05) is 31.2 Å². The van der Waals surface area contributed by atoms with E-state index < -0.39 is 0 Å². The summed E-state index contributed by atoms with van der Waals surface area (Å²) < 4.78 is 10.2. The molecule has 1 amide bonds. The maximum atomic E-state index is 13.0. The quantitative estimate of drug-likeness (QED) is 0.341. The Balaban J connectivity index is 0.954. The van der Waals surface area contributed by atoms with Crippen LogP contribution in [0.4, 0.5) is 0 Å². The molecule has 2 aromatic heterocycles. The van der Waals surface area contributed by atoms with Gasteiger partial charge in [-0.2, -0.15) is 9.97 Å². The Morgan fingerprint density at radius 3 is 2.23 bits per heavy atom. The Bertz CT molecular complexity index is 1470. The van der Waals surface area contributed by atoms with Crippen molar-refractivity contribution in [2.24, 2.45) is 5.92 Å². The lowest BCUT2D eigenvalue weighted by Gasteiger charge is -2.30. The molecule has 40 heavy (non-hydrogen) atoms. The fraction of sp³-hybridized carbons (Fsp3) is 0.452. The van der Waals surface area contributed by atoms with Crippen molar-refractivity contribution in [2.75, 3.05) is 19.6 Å². The second-order valence-corrected chi connectivity index (χ2v) is 11.2. The van der Waals surface area contributed by atoms with Crippen LogP contribution in [-0.4, -0.2) is 56.8 Å². The largest absolute Gasteiger partial charge is 0.349 e. The highest BCUT2D eigenvalue weighted by Crippen LogP contribution is 2.29. The van der Waals surface area contributed by atoms with Crippen LogP contribution in [0.3, 0.4) is 0 Å². The predicted molar refractivity (Wildman–Crippen MR) is 151 cm³/mol. The minimum Gasteiger partial charge on any atom is -0.349 e. The van der Waals surface area contributed by atoms with Gasteiger partial charge in [0.1, 0.15) is 0 Å². The van der Waals surface area contributed by atoms with E-state index in [0.717, 1.165) is 75.2 Å². The Hall–Kier alpha value is -3.85. The number of nitrogens with one attached hydrogen (secondary N) is 1. The van der Waals surface area contributed by atoms with Crippen LogP contribution in [0.25, 0.3) is 22.8 Å². The van der Waals surface area contributed by atoms with Crippen LogP contribution in [0.2, 0.25) is 0 Å². The van der Waals surface area contributed by atoms with E-state index in [1.54, 1.807) is 6.92 Å². The van der Waals surface area contributed by atoms with Gasteiger partial charge in [-0.25, -0.2) is 0 Å². The molecule has 3 heterocycles. The van der Waals surface area contributed by atoms with Crippen LogP contribution < -0.4 is 5.32 Å². The lowest BCUT2D eigenvalue weighted by molar-refractivity contribution is 0.0920. The number of aromatic nitrogens is 4. The Morgan fingerprint density at radius 2 is 1.55 bits per heavy atom. The number of carbonyl (C=O) groups is 1. The zero-order chi connectivity index (χ0) is 27.5. The minimum absolute atomic E-state index is 0.0349. The van der Waals surface area contributed by atoms with E-state index in [9.17, 15) is 4.79 Å². The zero-order valence-corrected chi connectivity index (χ0v) is 23.2. The van der Waals surface area contributed by atoms with Gasteiger partial charge in [0.05, 0.1) is 0 Å². The van der Waals surface area contributed by atoms with Gasteiger partial charge in [-0.3, -0.25) is 4.79 Å². The zero-order valence-electron chi connectivity index (χ0n) is 23.2. The van der Waals surface area contributed by atoms with Crippen molar-refractivity contribution in [3.05, 3.63) is 70.9 Å². The molecule has 9 heteroatoms. The fourth-order valence-electron chi connectivity index (χ4n) is 6.00. The van der Waals surface area contributed by atoms with Crippen LogP contribution in [0.5, 0.6) is 0 Å². The summed E-state index contributed by atoms with van der Waals surface area (Å²) in [7, 11) is 0. The highest BCUT2D eigenvalue weighted by Gasteiger charge is 2.24. The monoisotopic (exact) mass is 540 g/mol. The summed E-state index contributed by atoms with van der Waals surface area (Å²) >= 11 is 0. The maximum Gasteiger partial charge on any atom is 0.251 e. The van der Waals surface area contributed by atoms with Gasteiger partial charge in [0.25, 0.3) is 5.91 Å². The van der Waals surface area contributed by atoms with Gasteiger partial charge >= 0.3 is 0 Å². The summed E-state index contributed by atoms with van der Waals surface area (Å²) in [6, 6.07) is 14.2. The summed E-state index contributed by atoms with van der Waals surface area (Å²) in [5.74, 6) is 2.96. The van der Waals surface area contributed by atoms with E-state index >= 15 is 0 Å². The number of carbonyl (C=O) groups excluding carboxylic acids is 1. The molecule has 0 atom stereocenters. The Labute approximate surface area is 234 Å². The molecule has 9 nitrogen and oxygen atoms in total. The van der Waals surface area contributed by atoms with E-state index in [4.69, 9.17) is 9.05 Å². The number of nitrogens with zero attached hydrogens (tertiary/aromatic N) is 5. The van der Waals surface area contributed by atoms with Crippen LogP contribution in [0.1, 0.15) is 65.4 Å². The first-order chi connectivity index (χ1) is 19.5. The lowest BCUT2D eigenvalue weighted by Crippen LogP contribution is -2.38. The summed E-state index contributed by atoms with van der Waals surface area (Å²) in [6.45, 7) is 6.89. The molecule has 208 valence electrons. The Kier molecular flexibility index (Phi) is 7.73. The topological polar surface area (TPSA) is 110 Å². The number of hydrogen-bond acceptors (Lipinski definition) is 8. The smallest absolute Gasteiger partial charge is 0.251 e. The summed E-state index contributed by atoms with van der Waals surface area (Å²) in [4.78, 5) is 24.2. The highest BCUT2D eigenvalue weighted by atomic mass is 16.5. The van der Waals surface area contributed by atoms with Crippen molar-refractivity contribution >= 4 is 5.91 Å². The predicted octanol–water partition coefficient (Wildman–Crippen LogP) is 5.18. The summed E-state index contributed by atoms with van der Waals surface area (Å²) in [6.07, 6.45) is 7.73. The number of amides is 1. The van der Waals surface area contributed by atoms with Gasteiger partial charge < -0.3 is 19.3 Å². The number of benzene rings is 2. The SMILES string of the molecule is Cc1nc(-c2cccc(C(=O)NC3CCC(CCN4CCc5ccc(-c6noc(C)n6)cc5CC4)CC3)c2)no1. The molecule has 1 N–H and O–H groups in total. The van der Waals surface area contributed by atoms with Gasteiger partial charge in [-0.1, -0.05) is 34.6 Å². The van der Waals surface area contributed by atoms with Gasteiger partial charge in [-0.15, -0.1) is 0 Å². The molecular weight excluding hydrogens is 504 g/mol. The summed E-state index contributed by atoms with van der Waals surface area (Å²) in [5, 5.41) is 11.3. The number of fused-ring (bicyclic) bond motifs is 1. The van der Waals surface area contributed by atoms with Crippen LogP contribution in [0, 0.1) is 19.8 Å². The molecule has 4 aromatic rings. The molecule has 2 aliphatic rings. The third kappa shape index (κ3) is 6.14. The molecule has 0 unspecified atom stereocenters. The molecule has 0 saturated heterocycles. The third-order valence-corrected chi connectivity index (χ3v) is 8.33. The first-order valence-corrected chi connectivity index (χ1v) is 14.4. The molecule has 0 spiro atoms. The lowest BCUT2D eigenvalue weighted by atomic mass is 9.84. The van der Waals surface area contributed by atoms with Gasteiger partial charge in [0, 0.05) is 49.7 Å². The molecule has 1 saturated carbocycles. The molecule has 1 aliphatic heterocycles. The molecule has 1 fully saturated rings. The standard InChI is InChI=1S/C31H36N6O3/c1-20-32-29(35-39-20)25-4-3-5-27(19-25)31(38)34-28-10-6-22(7-11-28)12-15-37-16-13-23-8-9-26(18-24(23)14-17-37)30-33-21(2)40-36-30/h3-5,8-9,18-19,22,28H,6-7,10-17H2,1-2H3,(H,34,38). The number of aryl methyl sites for hydroxylation is 2. The molecular formula is C31H36N6O3. The second-order valence-electron chi connectivity index (χ2n) is 11.2. The van der Waals surface area contributed by atoms with Crippen molar-refractivity contribution < 1.29 is 13.8 Å². The number of rotatable bonds is 7. The molecule has 6 rings (SSSR count). The minimum atomic E-state index is -0.0349. The van der Waals surface area contributed by atoms with Gasteiger partial charge in [0.2, 0.25) is 23.4 Å². The third-order valence-electron chi connectivity index (χ3n) is 8.33. The van der Waals surface area contributed by atoms with E-state index in [-0.39, 0.29) is 11.9 Å². The molecule has 0 radical (unpaired) electrons. The van der Waals surface area contributed by atoms with E-state index in [2.05, 4.69) is 48.7 Å². The Morgan fingerprint density at radius 1 is 0.875 bits per heavy atom. The summed E-state index contributed by atoms with van der Waals surface area (Å²) in [5.41, 5.74) is 5.27. The fourth-order valence-corrected chi connectivity index (χ4v) is 6.00. The number of hydrogen-bond donors (Lipinski definition) is 1. The molecule has 2 aromatic carbocycles. The molecule has 1 aliphatic carbocycles. The maximum absolute atomic E-state index is 13.0. The van der Waals surface area contributed by atoms with Crippen LogP contribution >= 0.6 is 0 Å². The van der Waals surface area contributed by atoms with Crippen molar-refractivity contribution in [3.8, 4) is 22.8 Å². The van der Waals surface area contributed by atoms with Crippen molar-refractivity contribution in [3.63, 3.8) is 0 Å². The second kappa shape index (κ2) is 11.7.